The van der Waals surface area contributed by atoms with E-state index < -0.39 is 29.5 Å². The number of amides is 1. The highest BCUT2D eigenvalue weighted by Crippen LogP contribution is 2.45. The number of ether oxygens (including phenoxy) is 3. The fourth-order valence-electron chi connectivity index (χ4n) is 4.30. The van der Waals surface area contributed by atoms with E-state index in [2.05, 4.69) is 4.98 Å². The second-order valence-corrected chi connectivity index (χ2v) is 9.94. The molecule has 1 fully saturated rings. The topological polar surface area (TPSA) is 135 Å². The fraction of sp³-hybridized carbons (Fsp3) is 0.310. The molecule has 0 saturated carbocycles. The molecule has 0 radical (unpaired) electrons. The maximum atomic E-state index is 13.5. The highest BCUT2D eigenvalue weighted by atomic mass is 32.1. The number of aromatic hydroxyl groups is 1. The van der Waals surface area contributed by atoms with Crippen molar-refractivity contribution < 1.29 is 38.8 Å². The number of phenolic OH excluding ortho intramolecular Hbond substituents is 1. The number of Topliss-reactive ketones (excluding diaryl/α,β-unsaturated/α-hetero) is 1. The summed E-state index contributed by atoms with van der Waals surface area (Å²) in [5, 5.41) is 21.7. The maximum absolute atomic E-state index is 13.5. The predicted octanol–water partition coefficient (Wildman–Crippen LogP) is 5.15. The van der Waals surface area contributed by atoms with Gasteiger partial charge in [-0.2, -0.15) is 0 Å². The number of benzene rings is 2. The maximum Gasteiger partial charge on any atom is 0.350 e. The van der Waals surface area contributed by atoms with Crippen LogP contribution in [0.4, 0.5) is 5.13 Å². The Kier molecular flexibility index (Phi) is 8.73. The third kappa shape index (κ3) is 5.50. The second-order valence-electron chi connectivity index (χ2n) is 8.96. The van der Waals surface area contributed by atoms with Gasteiger partial charge in [0.25, 0.3) is 5.78 Å². The summed E-state index contributed by atoms with van der Waals surface area (Å²) < 4.78 is 16.1. The Morgan fingerprint density at radius 1 is 1.15 bits per heavy atom. The number of aryl methyl sites for hydroxylation is 1. The molecule has 1 unspecified atom stereocenters. The minimum Gasteiger partial charge on any atom is -0.507 e. The Morgan fingerprint density at radius 2 is 1.93 bits per heavy atom. The van der Waals surface area contributed by atoms with Crippen molar-refractivity contribution in [2.75, 3.05) is 25.2 Å². The summed E-state index contributed by atoms with van der Waals surface area (Å²) in [6, 6.07) is 9.85. The Bertz CT molecular complexity index is 1480. The van der Waals surface area contributed by atoms with Crippen LogP contribution >= 0.6 is 11.3 Å². The van der Waals surface area contributed by atoms with Crippen LogP contribution < -0.4 is 14.4 Å². The smallest absolute Gasteiger partial charge is 0.350 e. The minimum absolute atomic E-state index is 0.0791. The van der Waals surface area contributed by atoms with Gasteiger partial charge in [0.15, 0.2) is 16.6 Å². The Balaban J connectivity index is 1.88. The van der Waals surface area contributed by atoms with Crippen molar-refractivity contribution in [1.29, 1.82) is 0 Å². The molecule has 2 N–H and O–H groups in total. The molecule has 2 aromatic carbocycles. The Labute approximate surface area is 235 Å². The van der Waals surface area contributed by atoms with Crippen LogP contribution in [0.5, 0.6) is 17.2 Å². The number of nitrogens with zero attached hydrogens (tertiary/aromatic N) is 2. The van der Waals surface area contributed by atoms with Crippen LogP contribution in [0.2, 0.25) is 0 Å². The van der Waals surface area contributed by atoms with Crippen molar-refractivity contribution in [1.82, 2.24) is 4.98 Å². The summed E-state index contributed by atoms with van der Waals surface area (Å²) in [4.78, 5) is 45.2. The summed E-state index contributed by atoms with van der Waals surface area (Å²) in [7, 11) is 1.37. The van der Waals surface area contributed by atoms with E-state index in [0.717, 1.165) is 29.1 Å². The number of phenols is 1. The standard InChI is InChI=1S/C29H30N2O8S/c1-5-7-13-39-19-10-8-9-18(14-19)24(33)22-23(17-11-12-20(32)21(15-17)37-4)31(27(35)25(22)34)29-30-16(3)26(40-29)28(36)38-6-2/h8-12,14-15,23,32-33H,5-7,13H2,1-4H3/b24-22+. The molecule has 40 heavy (non-hydrogen) atoms. The van der Waals surface area contributed by atoms with E-state index in [4.69, 9.17) is 14.2 Å². The van der Waals surface area contributed by atoms with Gasteiger partial charge in [0.05, 0.1) is 37.6 Å². The van der Waals surface area contributed by atoms with E-state index in [1.165, 1.54) is 25.3 Å². The van der Waals surface area contributed by atoms with E-state index in [9.17, 15) is 24.6 Å². The number of carbonyl (C=O) groups is 3. The molecule has 3 aromatic rings. The first kappa shape index (κ1) is 28.6. The van der Waals surface area contributed by atoms with Crippen molar-refractivity contribution in [2.45, 2.75) is 39.7 Å². The monoisotopic (exact) mass is 566 g/mol. The summed E-state index contributed by atoms with van der Waals surface area (Å²) in [5.74, 6) is -2.40. The van der Waals surface area contributed by atoms with E-state index in [1.54, 1.807) is 38.1 Å². The van der Waals surface area contributed by atoms with Crippen LogP contribution in [-0.4, -0.2) is 53.2 Å². The molecular weight excluding hydrogens is 536 g/mol. The van der Waals surface area contributed by atoms with Gasteiger partial charge >= 0.3 is 11.9 Å². The Morgan fingerprint density at radius 3 is 2.62 bits per heavy atom. The number of ketones is 1. The highest BCUT2D eigenvalue weighted by Gasteiger charge is 2.48. The van der Waals surface area contributed by atoms with Gasteiger partial charge in [0.2, 0.25) is 0 Å². The molecule has 1 atom stereocenters. The number of aliphatic hydroxyl groups is 1. The number of unbranched alkanes of at least 4 members (excludes halogenated alkanes) is 1. The lowest BCUT2D eigenvalue weighted by Crippen LogP contribution is -2.29. The predicted molar refractivity (Wildman–Crippen MR) is 149 cm³/mol. The number of methoxy groups -OCH3 is 1. The van der Waals surface area contributed by atoms with Gasteiger partial charge in [0, 0.05) is 5.56 Å². The van der Waals surface area contributed by atoms with Crippen molar-refractivity contribution in [2.24, 2.45) is 0 Å². The van der Waals surface area contributed by atoms with Gasteiger partial charge in [-0.05, 0) is 50.1 Å². The second kappa shape index (κ2) is 12.2. The average Bonchev–Trinajstić information content (AvgIpc) is 3.45. The SMILES string of the molecule is CCCCOc1cccc(/C(O)=C2\C(=O)C(=O)N(c3nc(C)c(C(=O)OCC)s3)C2c2ccc(O)c(OC)c2)c1. The number of aliphatic hydroxyl groups excluding tert-OH is 1. The van der Waals surface area contributed by atoms with Crippen molar-refractivity contribution >= 4 is 39.9 Å². The van der Waals surface area contributed by atoms with Crippen LogP contribution in [0, 0.1) is 6.92 Å². The van der Waals surface area contributed by atoms with Gasteiger partial charge in [-0.3, -0.25) is 14.5 Å². The number of anilines is 1. The number of esters is 1. The fourth-order valence-corrected chi connectivity index (χ4v) is 5.29. The van der Waals surface area contributed by atoms with Gasteiger partial charge < -0.3 is 24.4 Å². The summed E-state index contributed by atoms with van der Waals surface area (Å²) in [6.07, 6.45) is 1.80. The zero-order chi connectivity index (χ0) is 29.0. The molecule has 11 heteroatoms. The number of carbonyl (C=O) groups excluding carboxylic acids is 3. The minimum atomic E-state index is -1.14. The molecule has 1 saturated heterocycles. The third-order valence-electron chi connectivity index (χ3n) is 6.29. The summed E-state index contributed by atoms with van der Waals surface area (Å²) >= 11 is 0.908. The quantitative estimate of drug-likeness (QED) is 0.112. The summed E-state index contributed by atoms with van der Waals surface area (Å²) in [5.41, 5.74) is 0.801. The normalized spacial score (nSPS) is 16.3. The van der Waals surface area contributed by atoms with Crippen LogP contribution in [0.25, 0.3) is 5.76 Å². The molecule has 10 nitrogen and oxygen atoms in total. The molecular formula is C29H30N2O8S. The number of rotatable bonds is 10. The van der Waals surface area contributed by atoms with Crippen LogP contribution in [0.15, 0.2) is 48.0 Å². The van der Waals surface area contributed by atoms with Crippen LogP contribution in [0.3, 0.4) is 0 Å². The lowest BCUT2D eigenvalue weighted by Gasteiger charge is -2.23. The van der Waals surface area contributed by atoms with Crippen molar-refractivity contribution in [3.05, 3.63) is 69.7 Å². The third-order valence-corrected chi connectivity index (χ3v) is 7.43. The molecule has 1 aromatic heterocycles. The molecule has 1 amide bonds. The zero-order valence-corrected chi connectivity index (χ0v) is 23.4. The number of aromatic nitrogens is 1. The molecule has 0 spiro atoms. The first-order valence-electron chi connectivity index (χ1n) is 12.8. The number of thiazole rings is 1. The molecule has 0 bridgehead atoms. The van der Waals surface area contributed by atoms with Gasteiger partial charge in [0.1, 0.15) is 16.4 Å². The van der Waals surface area contributed by atoms with E-state index in [1.807, 2.05) is 6.92 Å². The van der Waals surface area contributed by atoms with E-state index in [0.29, 0.717) is 23.6 Å². The average molecular weight is 567 g/mol. The van der Waals surface area contributed by atoms with Gasteiger partial charge in [-0.15, -0.1) is 0 Å². The van der Waals surface area contributed by atoms with E-state index in [-0.39, 0.29) is 39.3 Å². The zero-order valence-electron chi connectivity index (χ0n) is 22.6. The largest absolute Gasteiger partial charge is 0.507 e. The van der Waals surface area contributed by atoms with Crippen LogP contribution in [0.1, 0.15) is 59.2 Å². The summed E-state index contributed by atoms with van der Waals surface area (Å²) in [6.45, 7) is 5.97. The first-order valence-corrected chi connectivity index (χ1v) is 13.6. The van der Waals surface area contributed by atoms with Crippen molar-refractivity contribution in [3.8, 4) is 17.2 Å². The van der Waals surface area contributed by atoms with Crippen LogP contribution in [-0.2, 0) is 14.3 Å². The lowest BCUT2D eigenvalue weighted by molar-refractivity contribution is -0.132. The molecule has 210 valence electrons. The van der Waals surface area contributed by atoms with E-state index >= 15 is 0 Å². The lowest BCUT2D eigenvalue weighted by atomic mass is 9.95. The number of hydrogen-bond donors (Lipinski definition) is 2. The molecule has 2 heterocycles. The highest BCUT2D eigenvalue weighted by molar-refractivity contribution is 7.17. The Hall–Kier alpha value is -4.38. The number of hydrogen-bond acceptors (Lipinski definition) is 10. The molecule has 4 rings (SSSR count). The van der Waals surface area contributed by atoms with Crippen molar-refractivity contribution in [3.63, 3.8) is 0 Å². The van der Waals surface area contributed by atoms with Gasteiger partial charge in [-0.25, -0.2) is 9.78 Å². The molecule has 0 aliphatic carbocycles. The first-order chi connectivity index (χ1) is 19.2. The van der Waals surface area contributed by atoms with Gasteiger partial charge in [-0.1, -0.05) is 42.9 Å². The molecule has 1 aliphatic heterocycles. The molecule has 1 aliphatic rings.